The molecule has 6 nitrogen and oxygen atoms in total. The molecular formula is C23H28ClFN4O2. The van der Waals surface area contributed by atoms with Crippen molar-refractivity contribution in [2.45, 2.75) is 31.7 Å². The van der Waals surface area contributed by atoms with Gasteiger partial charge in [-0.15, -0.1) is 0 Å². The summed E-state index contributed by atoms with van der Waals surface area (Å²) in [7, 11) is 1.63. The van der Waals surface area contributed by atoms with Crippen molar-refractivity contribution >= 4 is 29.5 Å². The van der Waals surface area contributed by atoms with Gasteiger partial charge in [-0.05, 0) is 62.7 Å². The fourth-order valence-electron chi connectivity index (χ4n) is 4.10. The van der Waals surface area contributed by atoms with Crippen molar-refractivity contribution in [3.8, 4) is 0 Å². The zero-order chi connectivity index (χ0) is 21.6. The summed E-state index contributed by atoms with van der Waals surface area (Å²) in [6.07, 6.45) is 10.4. The molecule has 1 aromatic rings. The summed E-state index contributed by atoms with van der Waals surface area (Å²) in [4.78, 5) is 11.4. The lowest BCUT2D eigenvalue weighted by Gasteiger charge is -2.29. The summed E-state index contributed by atoms with van der Waals surface area (Å²) < 4.78 is 25.1. The second-order valence-electron chi connectivity index (χ2n) is 7.92. The van der Waals surface area contributed by atoms with Crippen LogP contribution in [0.25, 0.3) is 0 Å². The monoisotopic (exact) mass is 446 g/mol. The minimum atomic E-state index is -0.457. The molecule has 1 aliphatic carbocycles. The first-order chi connectivity index (χ1) is 15.1. The third-order valence-electron chi connectivity index (χ3n) is 5.75. The van der Waals surface area contributed by atoms with E-state index in [1.165, 1.54) is 50.8 Å². The lowest BCUT2D eigenvalue weighted by atomic mass is 9.91. The van der Waals surface area contributed by atoms with E-state index in [2.05, 4.69) is 20.2 Å². The smallest absolute Gasteiger partial charge is 0.159 e. The highest BCUT2D eigenvalue weighted by molar-refractivity contribution is 6.31. The zero-order valence-corrected chi connectivity index (χ0v) is 18.4. The molecule has 2 atom stereocenters. The topological polar surface area (TPSA) is 58.4 Å². The third kappa shape index (κ3) is 5.46. The second-order valence-corrected chi connectivity index (χ2v) is 8.33. The Balaban J connectivity index is 1.37. The van der Waals surface area contributed by atoms with Gasteiger partial charge in [-0.3, -0.25) is 4.99 Å². The van der Waals surface area contributed by atoms with Gasteiger partial charge in [0.2, 0.25) is 0 Å². The van der Waals surface area contributed by atoms with E-state index in [9.17, 15) is 4.39 Å². The number of piperidine rings is 1. The van der Waals surface area contributed by atoms with Gasteiger partial charge in [-0.1, -0.05) is 18.0 Å². The van der Waals surface area contributed by atoms with Crippen LogP contribution in [-0.4, -0.2) is 56.5 Å². The molecule has 31 heavy (non-hydrogen) atoms. The standard InChI is InChI=1S/C23H28ClFN4O2/c1-30-21-13-17-20(14-22(21)31-11-5-10-29-8-3-2-4-9-29)26-15-27-23(17)28-16-6-7-19(25)18(24)12-16/h6-7,12-15,17,20H,2-5,8-11H2,1H3,(H,26,27,28). The number of benzene rings is 1. The average Bonchev–Trinajstić information content (AvgIpc) is 2.79. The highest BCUT2D eigenvalue weighted by atomic mass is 35.5. The molecular weight excluding hydrogens is 419 g/mol. The highest BCUT2D eigenvalue weighted by Gasteiger charge is 2.32. The van der Waals surface area contributed by atoms with Crippen molar-refractivity contribution in [2.24, 2.45) is 15.9 Å². The number of ether oxygens (including phenoxy) is 2. The Morgan fingerprint density at radius 1 is 1.19 bits per heavy atom. The van der Waals surface area contributed by atoms with Crippen LogP contribution in [0.2, 0.25) is 5.02 Å². The van der Waals surface area contributed by atoms with Crippen LogP contribution in [0.3, 0.4) is 0 Å². The molecule has 4 rings (SSSR count). The van der Waals surface area contributed by atoms with Crippen LogP contribution in [0.4, 0.5) is 10.1 Å². The molecule has 2 unspecified atom stereocenters. The number of anilines is 1. The Hall–Kier alpha value is -2.38. The first kappa shape index (κ1) is 21.8. The van der Waals surface area contributed by atoms with E-state index in [1.807, 2.05) is 12.2 Å². The third-order valence-corrected chi connectivity index (χ3v) is 6.04. The normalized spacial score (nSPS) is 23.4. The number of hydrogen-bond donors (Lipinski definition) is 1. The molecule has 8 heteroatoms. The van der Waals surface area contributed by atoms with E-state index < -0.39 is 5.82 Å². The molecule has 3 aliphatic rings. The second kappa shape index (κ2) is 10.3. The quantitative estimate of drug-likeness (QED) is 0.620. The summed E-state index contributed by atoms with van der Waals surface area (Å²) in [5.41, 5.74) is 0.662. The maximum absolute atomic E-state index is 13.5. The molecule has 0 saturated carbocycles. The van der Waals surface area contributed by atoms with Crippen molar-refractivity contribution in [3.63, 3.8) is 0 Å². The molecule has 166 valence electrons. The molecule has 0 bridgehead atoms. The molecule has 0 amide bonds. The predicted octanol–water partition coefficient (Wildman–Crippen LogP) is 4.64. The number of aliphatic imine (C=N–C) groups is 2. The number of likely N-dealkylation sites (tertiary alicyclic amines) is 1. The van der Waals surface area contributed by atoms with Crippen LogP contribution in [0.1, 0.15) is 25.7 Å². The minimum Gasteiger partial charge on any atom is -0.493 e. The van der Waals surface area contributed by atoms with Gasteiger partial charge in [0.1, 0.15) is 18.0 Å². The van der Waals surface area contributed by atoms with Gasteiger partial charge in [-0.25, -0.2) is 9.38 Å². The van der Waals surface area contributed by atoms with E-state index >= 15 is 0 Å². The lowest BCUT2D eigenvalue weighted by Crippen LogP contribution is -2.35. The van der Waals surface area contributed by atoms with Crippen molar-refractivity contribution in [1.29, 1.82) is 0 Å². The molecule has 1 N–H and O–H groups in total. The lowest BCUT2D eigenvalue weighted by molar-refractivity contribution is 0.149. The van der Waals surface area contributed by atoms with Gasteiger partial charge in [-0.2, -0.15) is 0 Å². The first-order valence-electron chi connectivity index (χ1n) is 10.8. The van der Waals surface area contributed by atoms with Gasteiger partial charge < -0.3 is 19.7 Å². The molecule has 2 heterocycles. The molecule has 0 radical (unpaired) electrons. The van der Waals surface area contributed by atoms with E-state index in [0.717, 1.165) is 13.0 Å². The summed E-state index contributed by atoms with van der Waals surface area (Å²) in [5, 5.41) is 3.29. The zero-order valence-electron chi connectivity index (χ0n) is 17.7. The SMILES string of the molecule is COC1=CC2C(Nc3ccc(F)c(Cl)c3)=NC=NC2C=C1OCCCN1CCCCC1. The van der Waals surface area contributed by atoms with Gasteiger partial charge in [0.05, 0.1) is 30.7 Å². The number of hydrogen-bond acceptors (Lipinski definition) is 6. The number of methoxy groups -OCH3 is 1. The summed E-state index contributed by atoms with van der Waals surface area (Å²) in [5.74, 6) is 1.48. The van der Waals surface area contributed by atoms with Crippen LogP contribution in [0.5, 0.6) is 0 Å². The molecule has 1 fully saturated rings. The molecule has 2 aliphatic heterocycles. The Labute approximate surface area is 187 Å². The molecule has 0 spiro atoms. The average molecular weight is 447 g/mol. The maximum atomic E-state index is 13.5. The van der Waals surface area contributed by atoms with Crippen molar-refractivity contribution in [3.05, 3.63) is 52.7 Å². The Kier molecular flexibility index (Phi) is 7.25. The van der Waals surface area contributed by atoms with Crippen molar-refractivity contribution in [1.82, 2.24) is 4.90 Å². The van der Waals surface area contributed by atoms with Crippen LogP contribution in [0.15, 0.2) is 51.9 Å². The molecule has 1 saturated heterocycles. The Bertz CT molecular complexity index is 909. The number of nitrogens with zero attached hydrogens (tertiary/aromatic N) is 3. The number of amidine groups is 1. The van der Waals surface area contributed by atoms with Crippen LogP contribution >= 0.6 is 11.6 Å². The molecule has 0 aromatic heterocycles. The van der Waals surface area contributed by atoms with Crippen molar-refractivity contribution in [2.75, 3.05) is 38.7 Å². The number of halogens is 2. The number of nitrogens with one attached hydrogen (secondary N) is 1. The van der Waals surface area contributed by atoms with E-state index in [0.29, 0.717) is 29.6 Å². The van der Waals surface area contributed by atoms with E-state index in [1.54, 1.807) is 13.2 Å². The maximum Gasteiger partial charge on any atom is 0.159 e. The summed E-state index contributed by atoms with van der Waals surface area (Å²) in [6.45, 7) is 4.08. The number of fused-ring (bicyclic) bond motifs is 1. The number of rotatable bonds is 7. The van der Waals surface area contributed by atoms with Gasteiger partial charge in [0.25, 0.3) is 0 Å². The van der Waals surface area contributed by atoms with E-state index in [-0.39, 0.29) is 17.0 Å². The van der Waals surface area contributed by atoms with Crippen LogP contribution in [0, 0.1) is 11.7 Å². The highest BCUT2D eigenvalue weighted by Crippen LogP contribution is 2.30. The van der Waals surface area contributed by atoms with Crippen LogP contribution in [-0.2, 0) is 9.47 Å². The van der Waals surface area contributed by atoms with Gasteiger partial charge in [0, 0.05) is 12.2 Å². The van der Waals surface area contributed by atoms with Gasteiger partial charge in [0.15, 0.2) is 11.5 Å². The minimum absolute atomic E-state index is 0.0588. The Morgan fingerprint density at radius 3 is 2.81 bits per heavy atom. The Morgan fingerprint density at radius 2 is 2.03 bits per heavy atom. The fraction of sp³-hybridized carbons (Fsp3) is 0.478. The van der Waals surface area contributed by atoms with Crippen LogP contribution < -0.4 is 5.32 Å². The summed E-state index contributed by atoms with van der Waals surface area (Å²) in [6, 6.07) is 4.34. The summed E-state index contributed by atoms with van der Waals surface area (Å²) >= 11 is 5.90. The first-order valence-corrected chi connectivity index (χ1v) is 11.2. The fourth-order valence-corrected chi connectivity index (χ4v) is 4.28. The molecule has 1 aromatic carbocycles. The largest absolute Gasteiger partial charge is 0.493 e. The predicted molar refractivity (Wildman–Crippen MR) is 122 cm³/mol. The van der Waals surface area contributed by atoms with Gasteiger partial charge >= 0.3 is 0 Å². The van der Waals surface area contributed by atoms with Crippen molar-refractivity contribution < 1.29 is 13.9 Å². The van der Waals surface area contributed by atoms with E-state index in [4.69, 9.17) is 21.1 Å².